The van der Waals surface area contributed by atoms with Crippen molar-refractivity contribution in [2.75, 3.05) is 6.54 Å². The van der Waals surface area contributed by atoms with Crippen molar-refractivity contribution < 1.29 is 0 Å². The van der Waals surface area contributed by atoms with E-state index in [1.165, 1.54) is 45.1 Å². The lowest BCUT2D eigenvalue weighted by molar-refractivity contribution is 0.0119. The average molecular weight is 209 g/mol. The second kappa shape index (κ2) is 4.45. The molecule has 0 aromatic heterocycles. The standard InChI is InChI=1S/C14H27N/c1-4-9-15-14-7-5-12(6-8-14)10-13(14)11(2)3/h11-13,15H,4-10H2,1-3H3. The third-order valence-electron chi connectivity index (χ3n) is 4.83. The number of fused-ring (bicyclic) bond motifs is 3. The molecule has 0 spiro atoms. The minimum absolute atomic E-state index is 0.527. The van der Waals surface area contributed by atoms with Crippen molar-refractivity contribution in [3.05, 3.63) is 0 Å². The van der Waals surface area contributed by atoms with Crippen molar-refractivity contribution in [3.63, 3.8) is 0 Å². The van der Waals surface area contributed by atoms with Gasteiger partial charge in [0.05, 0.1) is 0 Å². The third-order valence-corrected chi connectivity index (χ3v) is 4.83. The normalized spacial score (nSPS) is 40.0. The summed E-state index contributed by atoms with van der Waals surface area (Å²) in [5.74, 6) is 2.86. The van der Waals surface area contributed by atoms with Gasteiger partial charge in [-0.15, -0.1) is 0 Å². The highest BCUT2D eigenvalue weighted by molar-refractivity contribution is 5.04. The SMILES string of the molecule is CCCNC12CCC(CC1)CC2C(C)C. The molecule has 0 aliphatic heterocycles. The Morgan fingerprint density at radius 3 is 2.47 bits per heavy atom. The van der Waals surface area contributed by atoms with E-state index in [2.05, 4.69) is 26.1 Å². The van der Waals surface area contributed by atoms with Gasteiger partial charge < -0.3 is 5.32 Å². The predicted molar refractivity (Wildman–Crippen MR) is 65.9 cm³/mol. The molecule has 0 aromatic carbocycles. The van der Waals surface area contributed by atoms with E-state index in [-0.39, 0.29) is 0 Å². The van der Waals surface area contributed by atoms with E-state index in [1.54, 1.807) is 0 Å². The molecule has 88 valence electrons. The minimum atomic E-state index is 0.527. The summed E-state index contributed by atoms with van der Waals surface area (Å²) in [4.78, 5) is 0. The van der Waals surface area contributed by atoms with E-state index in [1.807, 2.05) is 0 Å². The first-order valence-corrected chi connectivity index (χ1v) is 6.93. The fraction of sp³-hybridized carbons (Fsp3) is 1.00. The summed E-state index contributed by atoms with van der Waals surface area (Å²) in [6.45, 7) is 8.33. The largest absolute Gasteiger partial charge is 0.311 e. The number of hydrogen-bond acceptors (Lipinski definition) is 1. The van der Waals surface area contributed by atoms with Crippen LogP contribution in [-0.2, 0) is 0 Å². The topological polar surface area (TPSA) is 12.0 Å². The Balaban J connectivity index is 2.08. The van der Waals surface area contributed by atoms with Gasteiger partial charge in [0.1, 0.15) is 0 Å². The smallest absolute Gasteiger partial charge is 0.0212 e. The first kappa shape index (κ1) is 11.4. The van der Waals surface area contributed by atoms with E-state index < -0.39 is 0 Å². The summed E-state index contributed by atoms with van der Waals surface area (Å²) >= 11 is 0. The van der Waals surface area contributed by atoms with Crippen LogP contribution in [0.2, 0.25) is 0 Å². The van der Waals surface area contributed by atoms with Crippen LogP contribution >= 0.6 is 0 Å². The third kappa shape index (κ3) is 2.08. The maximum atomic E-state index is 3.90. The molecule has 3 aliphatic rings. The molecule has 0 amide bonds. The van der Waals surface area contributed by atoms with Crippen LogP contribution in [0, 0.1) is 17.8 Å². The second-order valence-corrected chi connectivity index (χ2v) is 6.11. The fourth-order valence-electron chi connectivity index (χ4n) is 3.98. The molecule has 2 bridgehead atoms. The van der Waals surface area contributed by atoms with E-state index in [4.69, 9.17) is 0 Å². The van der Waals surface area contributed by atoms with Crippen LogP contribution in [0.1, 0.15) is 59.3 Å². The fourth-order valence-corrected chi connectivity index (χ4v) is 3.98. The zero-order chi connectivity index (χ0) is 10.9. The van der Waals surface area contributed by atoms with Crippen LogP contribution in [0.4, 0.5) is 0 Å². The van der Waals surface area contributed by atoms with E-state index in [0.717, 1.165) is 17.8 Å². The van der Waals surface area contributed by atoms with E-state index in [9.17, 15) is 0 Å². The van der Waals surface area contributed by atoms with Gasteiger partial charge in [0.2, 0.25) is 0 Å². The number of hydrogen-bond donors (Lipinski definition) is 1. The zero-order valence-corrected chi connectivity index (χ0v) is 10.7. The molecule has 0 saturated heterocycles. The molecule has 0 aromatic rings. The predicted octanol–water partition coefficient (Wildman–Crippen LogP) is 3.59. The van der Waals surface area contributed by atoms with Crippen LogP contribution in [0.15, 0.2) is 0 Å². The lowest BCUT2D eigenvalue weighted by Gasteiger charge is -2.54. The first-order chi connectivity index (χ1) is 7.18. The summed E-state index contributed by atoms with van der Waals surface area (Å²) in [6, 6.07) is 0. The van der Waals surface area contributed by atoms with Crippen molar-refractivity contribution in [1.29, 1.82) is 0 Å². The van der Waals surface area contributed by atoms with Gasteiger partial charge in [-0.3, -0.25) is 0 Å². The van der Waals surface area contributed by atoms with E-state index >= 15 is 0 Å². The summed E-state index contributed by atoms with van der Waals surface area (Å²) in [7, 11) is 0. The van der Waals surface area contributed by atoms with Gasteiger partial charge in [-0.2, -0.15) is 0 Å². The summed E-state index contributed by atoms with van der Waals surface area (Å²) in [6.07, 6.45) is 8.63. The van der Waals surface area contributed by atoms with Crippen LogP contribution in [0.25, 0.3) is 0 Å². The van der Waals surface area contributed by atoms with Crippen molar-refractivity contribution in [3.8, 4) is 0 Å². The molecule has 1 unspecified atom stereocenters. The summed E-state index contributed by atoms with van der Waals surface area (Å²) in [5.41, 5.74) is 0.527. The first-order valence-electron chi connectivity index (χ1n) is 6.93. The van der Waals surface area contributed by atoms with Gasteiger partial charge in [0.15, 0.2) is 0 Å². The van der Waals surface area contributed by atoms with Crippen molar-refractivity contribution >= 4 is 0 Å². The quantitative estimate of drug-likeness (QED) is 0.746. The van der Waals surface area contributed by atoms with Gasteiger partial charge >= 0.3 is 0 Å². The molecular formula is C14H27N. The Kier molecular flexibility index (Phi) is 3.39. The maximum absolute atomic E-state index is 3.90. The van der Waals surface area contributed by atoms with Crippen LogP contribution in [0.5, 0.6) is 0 Å². The number of nitrogens with one attached hydrogen (secondary N) is 1. The summed E-state index contributed by atoms with van der Waals surface area (Å²) in [5, 5.41) is 3.90. The molecule has 15 heavy (non-hydrogen) atoms. The van der Waals surface area contributed by atoms with Gasteiger partial charge in [0.25, 0.3) is 0 Å². The average Bonchev–Trinajstić information content (AvgIpc) is 2.27. The molecule has 3 fully saturated rings. The molecule has 1 N–H and O–H groups in total. The highest BCUT2D eigenvalue weighted by Crippen LogP contribution is 2.50. The molecule has 3 saturated carbocycles. The molecule has 3 aliphatic carbocycles. The van der Waals surface area contributed by atoms with Gasteiger partial charge in [-0.25, -0.2) is 0 Å². The Morgan fingerprint density at radius 1 is 1.27 bits per heavy atom. The Bertz CT molecular complexity index is 201. The monoisotopic (exact) mass is 209 g/mol. The highest BCUT2D eigenvalue weighted by atomic mass is 15.0. The molecule has 1 atom stereocenters. The van der Waals surface area contributed by atoms with Gasteiger partial charge in [-0.1, -0.05) is 20.8 Å². The Morgan fingerprint density at radius 2 is 1.93 bits per heavy atom. The molecule has 1 heteroatoms. The molecule has 0 heterocycles. The van der Waals surface area contributed by atoms with Crippen molar-refractivity contribution in [2.45, 2.75) is 64.8 Å². The lowest BCUT2D eigenvalue weighted by Crippen LogP contribution is -2.59. The molecule has 3 rings (SSSR count). The molecule has 0 radical (unpaired) electrons. The molecular weight excluding hydrogens is 182 g/mol. The van der Waals surface area contributed by atoms with Gasteiger partial charge in [0, 0.05) is 5.54 Å². The van der Waals surface area contributed by atoms with Crippen molar-refractivity contribution in [2.24, 2.45) is 17.8 Å². The Labute approximate surface area is 95.0 Å². The molecule has 1 nitrogen and oxygen atoms in total. The minimum Gasteiger partial charge on any atom is -0.311 e. The van der Waals surface area contributed by atoms with Crippen LogP contribution in [-0.4, -0.2) is 12.1 Å². The van der Waals surface area contributed by atoms with Gasteiger partial charge in [-0.05, 0) is 62.8 Å². The maximum Gasteiger partial charge on any atom is 0.0212 e. The van der Waals surface area contributed by atoms with Crippen LogP contribution < -0.4 is 5.32 Å². The number of rotatable bonds is 4. The zero-order valence-electron chi connectivity index (χ0n) is 10.7. The highest BCUT2D eigenvalue weighted by Gasteiger charge is 2.47. The van der Waals surface area contributed by atoms with Crippen LogP contribution in [0.3, 0.4) is 0 Å². The lowest BCUT2D eigenvalue weighted by atomic mass is 9.57. The Hall–Kier alpha value is -0.0400. The van der Waals surface area contributed by atoms with Crippen molar-refractivity contribution in [1.82, 2.24) is 5.32 Å². The summed E-state index contributed by atoms with van der Waals surface area (Å²) < 4.78 is 0. The second-order valence-electron chi connectivity index (χ2n) is 6.11. The van der Waals surface area contributed by atoms with E-state index in [0.29, 0.717) is 5.54 Å².